The summed E-state index contributed by atoms with van der Waals surface area (Å²) in [7, 11) is 0. The number of benzene rings is 3. The second kappa shape index (κ2) is 7.62. The molecule has 5 rings (SSSR count). The van der Waals surface area contributed by atoms with Crippen LogP contribution in [0, 0.1) is 20.8 Å². The number of hydrogen-bond acceptors (Lipinski definition) is 1. The fraction of sp³-hybridized carbons (Fsp3) is 0.222. The highest BCUT2D eigenvalue weighted by Gasteiger charge is 2.34. The van der Waals surface area contributed by atoms with Gasteiger partial charge in [0.2, 0.25) is 0 Å². The van der Waals surface area contributed by atoms with Gasteiger partial charge in [-0.05, 0) is 61.6 Å². The highest BCUT2D eigenvalue weighted by Crippen LogP contribution is 2.38. The van der Waals surface area contributed by atoms with E-state index in [1.54, 1.807) is 0 Å². The van der Waals surface area contributed by atoms with E-state index in [0.29, 0.717) is 6.54 Å². The first kappa shape index (κ1) is 19.4. The zero-order valence-electron chi connectivity index (χ0n) is 18.2. The lowest BCUT2D eigenvalue weighted by Gasteiger charge is -2.36. The second-order valence-corrected chi connectivity index (χ2v) is 8.57. The summed E-state index contributed by atoms with van der Waals surface area (Å²) in [6.45, 7) is 6.83. The standard InChI is InChI=1S/C27H27N3O/c1-17-9-12-20(13-10-17)26-25-22(21-6-4-5-7-23(21)28-25)14-15-30(26)27(31)29-24-16-18(2)8-11-19(24)3/h4-13,16,26,28H,14-15H2,1-3H3,(H,29,31)/t26-/m1/s1. The molecule has 31 heavy (non-hydrogen) atoms. The van der Waals surface area contributed by atoms with Crippen LogP contribution in [-0.4, -0.2) is 22.5 Å². The first-order valence-electron chi connectivity index (χ1n) is 10.8. The lowest BCUT2D eigenvalue weighted by Crippen LogP contribution is -2.43. The molecule has 2 heterocycles. The number of anilines is 1. The van der Waals surface area contributed by atoms with Crippen LogP contribution in [0.2, 0.25) is 0 Å². The first-order chi connectivity index (χ1) is 15.0. The molecule has 0 radical (unpaired) electrons. The van der Waals surface area contributed by atoms with Crippen LogP contribution in [0.4, 0.5) is 10.5 Å². The van der Waals surface area contributed by atoms with E-state index in [-0.39, 0.29) is 12.1 Å². The molecule has 0 unspecified atom stereocenters. The summed E-state index contributed by atoms with van der Waals surface area (Å²) in [4.78, 5) is 19.1. The van der Waals surface area contributed by atoms with Crippen LogP contribution in [-0.2, 0) is 6.42 Å². The van der Waals surface area contributed by atoms with Crippen molar-refractivity contribution < 1.29 is 4.79 Å². The number of aryl methyl sites for hydroxylation is 3. The van der Waals surface area contributed by atoms with Gasteiger partial charge in [-0.2, -0.15) is 0 Å². The number of H-pyrrole nitrogens is 1. The number of nitrogens with zero attached hydrogens (tertiary/aromatic N) is 1. The molecule has 1 aromatic heterocycles. The van der Waals surface area contributed by atoms with Crippen LogP contribution in [0.3, 0.4) is 0 Å². The van der Waals surface area contributed by atoms with Gasteiger partial charge in [-0.3, -0.25) is 0 Å². The van der Waals surface area contributed by atoms with E-state index in [1.165, 1.54) is 16.5 Å². The maximum Gasteiger partial charge on any atom is 0.322 e. The van der Waals surface area contributed by atoms with Crippen molar-refractivity contribution in [2.24, 2.45) is 0 Å². The number of carbonyl (C=O) groups is 1. The summed E-state index contributed by atoms with van der Waals surface area (Å²) in [6.07, 6.45) is 0.835. The zero-order valence-corrected chi connectivity index (χ0v) is 18.2. The molecular weight excluding hydrogens is 382 g/mol. The molecule has 1 aliphatic heterocycles. The number of carbonyl (C=O) groups excluding carboxylic acids is 1. The van der Waals surface area contributed by atoms with Crippen LogP contribution in [0.25, 0.3) is 10.9 Å². The smallest absolute Gasteiger partial charge is 0.322 e. The molecule has 0 saturated carbocycles. The molecule has 2 amide bonds. The Bertz CT molecular complexity index is 1270. The van der Waals surface area contributed by atoms with E-state index in [2.05, 4.69) is 77.9 Å². The molecule has 4 nitrogen and oxygen atoms in total. The Morgan fingerprint density at radius 3 is 2.52 bits per heavy atom. The third-order valence-electron chi connectivity index (χ3n) is 6.32. The van der Waals surface area contributed by atoms with E-state index in [9.17, 15) is 4.79 Å². The molecule has 1 atom stereocenters. The number of aromatic nitrogens is 1. The number of nitrogens with one attached hydrogen (secondary N) is 2. The largest absolute Gasteiger partial charge is 0.356 e. The SMILES string of the molecule is Cc1ccc([C@@H]2c3[nH]c4ccccc4c3CCN2C(=O)Nc2cc(C)ccc2C)cc1. The minimum absolute atomic E-state index is 0.0661. The Kier molecular flexibility index (Phi) is 4.78. The Morgan fingerprint density at radius 2 is 1.71 bits per heavy atom. The van der Waals surface area contributed by atoms with Crippen LogP contribution < -0.4 is 5.32 Å². The van der Waals surface area contributed by atoms with Crippen LogP contribution in [0.1, 0.15) is 39.6 Å². The third kappa shape index (κ3) is 3.48. The third-order valence-corrected chi connectivity index (χ3v) is 6.32. The Balaban J connectivity index is 1.58. The summed E-state index contributed by atoms with van der Waals surface area (Å²) in [5.74, 6) is 0. The van der Waals surface area contributed by atoms with Crippen LogP contribution in [0.5, 0.6) is 0 Å². The molecule has 4 heteroatoms. The number of urea groups is 1. The van der Waals surface area contributed by atoms with Crippen molar-refractivity contribution >= 4 is 22.6 Å². The van der Waals surface area contributed by atoms with Crippen molar-refractivity contribution in [3.05, 3.63) is 100 Å². The highest BCUT2D eigenvalue weighted by molar-refractivity contribution is 5.92. The van der Waals surface area contributed by atoms with Crippen molar-refractivity contribution in [1.29, 1.82) is 0 Å². The van der Waals surface area contributed by atoms with Gasteiger partial charge in [-0.25, -0.2) is 4.79 Å². The van der Waals surface area contributed by atoms with E-state index in [0.717, 1.165) is 40.0 Å². The number of amides is 2. The van der Waals surface area contributed by atoms with Crippen LogP contribution >= 0.6 is 0 Å². The van der Waals surface area contributed by atoms with Gasteiger partial charge in [0, 0.05) is 28.8 Å². The molecule has 4 aromatic rings. The molecule has 3 aromatic carbocycles. The van der Waals surface area contributed by atoms with E-state index in [4.69, 9.17) is 0 Å². The summed E-state index contributed by atoms with van der Waals surface area (Å²) >= 11 is 0. The molecule has 0 fully saturated rings. The lowest BCUT2D eigenvalue weighted by atomic mass is 9.92. The van der Waals surface area contributed by atoms with Crippen molar-refractivity contribution in [2.75, 3.05) is 11.9 Å². The fourth-order valence-electron chi connectivity index (χ4n) is 4.61. The number of fused-ring (bicyclic) bond motifs is 3. The summed E-state index contributed by atoms with van der Waals surface area (Å²) in [5, 5.41) is 4.42. The maximum absolute atomic E-state index is 13.5. The predicted octanol–water partition coefficient (Wildman–Crippen LogP) is 6.27. The van der Waals surface area contributed by atoms with Gasteiger partial charge in [-0.1, -0.05) is 60.2 Å². The fourth-order valence-corrected chi connectivity index (χ4v) is 4.61. The normalized spacial score (nSPS) is 15.7. The molecule has 0 saturated heterocycles. The van der Waals surface area contributed by atoms with Gasteiger partial charge in [-0.15, -0.1) is 0 Å². The van der Waals surface area contributed by atoms with Gasteiger partial charge in [0.15, 0.2) is 0 Å². The van der Waals surface area contributed by atoms with Crippen molar-refractivity contribution in [1.82, 2.24) is 9.88 Å². The molecule has 156 valence electrons. The van der Waals surface area contributed by atoms with Gasteiger partial charge in [0.1, 0.15) is 0 Å². The second-order valence-electron chi connectivity index (χ2n) is 8.57. The minimum Gasteiger partial charge on any atom is -0.356 e. The molecule has 0 aliphatic carbocycles. The average Bonchev–Trinajstić information content (AvgIpc) is 3.15. The van der Waals surface area contributed by atoms with E-state index >= 15 is 0 Å². The average molecular weight is 410 g/mol. The number of hydrogen-bond donors (Lipinski definition) is 2. The zero-order chi connectivity index (χ0) is 21.5. The number of aromatic amines is 1. The summed E-state index contributed by atoms with van der Waals surface area (Å²) < 4.78 is 0. The minimum atomic E-state index is -0.151. The molecule has 0 bridgehead atoms. The lowest BCUT2D eigenvalue weighted by molar-refractivity contribution is 0.193. The number of para-hydroxylation sites is 1. The number of rotatable bonds is 2. The van der Waals surface area contributed by atoms with Gasteiger partial charge in [0.05, 0.1) is 6.04 Å². The Labute approximate surface area is 182 Å². The Hall–Kier alpha value is -3.53. The van der Waals surface area contributed by atoms with Crippen LogP contribution in [0.15, 0.2) is 66.7 Å². The van der Waals surface area contributed by atoms with Crippen molar-refractivity contribution in [2.45, 2.75) is 33.2 Å². The molecular formula is C27H27N3O. The van der Waals surface area contributed by atoms with Gasteiger partial charge >= 0.3 is 6.03 Å². The maximum atomic E-state index is 13.5. The quantitative estimate of drug-likeness (QED) is 0.402. The van der Waals surface area contributed by atoms with Gasteiger partial charge in [0.25, 0.3) is 0 Å². The van der Waals surface area contributed by atoms with Crippen molar-refractivity contribution in [3.8, 4) is 0 Å². The summed E-state index contributed by atoms with van der Waals surface area (Å²) in [5.41, 5.74) is 8.96. The monoisotopic (exact) mass is 409 g/mol. The predicted molar refractivity (Wildman–Crippen MR) is 127 cm³/mol. The topological polar surface area (TPSA) is 48.1 Å². The van der Waals surface area contributed by atoms with E-state index in [1.807, 2.05) is 24.8 Å². The molecule has 1 aliphatic rings. The molecule has 0 spiro atoms. The summed E-state index contributed by atoms with van der Waals surface area (Å²) in [6, 6.07) is 22.9. The van der Waals surface area contributed by atoms with Crippen molar-refractivity contribution in [3.63, 3.8) is 0 Å². The van der Waals surface area contributed by atoms with Gasteiger partial charge < -0.3 is 15.2 Å². The highest BCUT2D eigenvalue weighted by atomic mass is 16.2. The molecule has 2 N–H and O–H groups in total. The Morgan fingerprint density at radius 1 is 0.968 bits per heavy atom. The first-order valence-corrected chi connectivity index (χ1v) is 10.8. The van der Waals surface area contributed by atoms with E-state index < -0.39 is 0 Å².